The molecule has 0 aliphatic heterocycles. The van der Waals surface area contributed by atoms with E-state index in [0.29, 0.717) is 22.8 Å². The van der Waals surface area contributed by atoms with Crippen molar-refractivity contribution >= 4 is 11.8 Å². The van der Waals surface area contributed by atoms with Crippen molar-refractivity contribution in [1.82, 2.24) is 15.3 Å². The number of nitrogens with zero attached hydrogens (tertiary/aromatic N) is 3. The molecule has 8 nitrogen and oxygen atoms in total. The highest BCUT2D eigenvalue weighted by atomic mass is 32.2. The lowest BCUT2D eigenvalue weighted by molar-refractivity contribution is -0.404. The molecule has 1 aromatic rings. The first-order chi connectivity index (χ1) is 10.4. The topological polar surface area (TPSA) is 97.8 Å². The van der Waals surface area contributed by atoms with E-state index in [0.717, 1.165) is 18.1 Å². The monoisotopic (exact) mass is 329 g/mol. The third-order valence-corrected chi connectivity index (χ3v) is 3.58. The zero-order valence-corrected chi connectivity index (χ0v) is 13.8. The second kappa shape index (κ2) is 9.34. The lowest BCUT2D eigenvalue weighted by Crippen LogP contribution is -2.27. The lowest BCUT2D eigenvalue weighted by Gasteiger charge is -2.30. The van der Waals surface area contributed by atoms with Crippen molar-refractivity contribution in [2.24, 2.45) is 0 Å². The maximum Gasteiger partial charge on any atom is 0.273 e. The number of hydroxylamine groups is 2. The zero-order valence-electron chi connectivity index (χ0n) is 12.9. The van der Waals surface area contributed by atoms with Gasteiger partial charge in [0.25, 0.3) is 6.20 Å². The smallest absolute Gasteiger partial charge is 0.273 e. The molecule has 0 aliphatic carbocycles. The number of furan rings is 1. The molecule has 0 radical (unpaired) electrons. The van der Waals surface area contributed by atoms with Crippen molar-refractivity contribution < 1.29 is 9.34 Å². The Labute approximate surface area is 133 Å². The average molecular weight is 329 g/mol. The molecule has 0 bridgehead atoms. The molecule has 124 valence electrons. The van der Waals surface area contributed by atoms with Gasteiger partial charge in [0.2, 0.25) is 0 Å². The van der Waals surface area contributed by atoms with Gasteiger partial charge in [0.05, 0.1) is 17.2 Å². The van der Waals surface area contributed by atoms with Crippen LogP contribution in [0.5, 0.6) is 0 Å². The molecule has 0 amide bonds. The largest absolute Gasteiger partial charge is 0.757 e. The van der Waals surface area contributed by atoms with E-state index < -0.39 is 4.92 Å². The van der Waals surface area contributed by atoms with Crippen LogP contribution in [0.1, 0.15) is 11.5 Å². The standard InChI is InChI=1S/C13H21N4O4S/c1-14-13(9-17(19)20)16(18)6-7-22-10-12-5-4-11(21-12)8-15(2)3/h4-5,9,14H,6-8,10H2,1-3H3/q-1/b13-9-. The molecule has 0 atom stereocenters. The van der Waals surface area contributed by atoms with Gasteiger partial charge in [-0.15, -0.1) is 0 Å². The minimum Gasteiger partial charge on any atom is -0.757 e. The predicted molar refractivity (Wildman–Crippen MR) is 86.5 cm³/mol. The van der Waals surface area contributed by atoms with Gasteiger partial charge in [-0.05, 0) is 26.2 Å². The van der Waals surface area contributed by atoms with Gasteiger partial charge in [-0.3, -0.25) is 10.1 Å². The van der Waals surface area contributed by atoms with Gasteiger partial charge in [-0.1, -0.05) is 0 Å². The summed E-state index contributed by atoms with van der Waals surface area (Å²) in [6.45, 7) is 0.909. The minimum atomic E-state index is -0.654. The maximum absolute atomic E-state index is 11.7. The van der Waals surface area contributed by atoms with E-state index in [-0.39, 0.29) is 12.4 Å². The van der Waals surface area contributed by atoms with Crippen molar-refractivity contribution in [2.45, 2.75) is 12.3 Å². The van der Waals surface area contributed by atoms with Crippen molar-refractivity contribution in [2.75, 3.05) is 33.4 Å². The highest BCUT2D eigenvalue weighted by Gasteiger charge is 2.05. The lowest BCUT2D eigenvalue weighted by atomic mass is 10.4. The Hall–Kier alpha value is -1.71. The van der Waals surface area contributed by atoms with Gasteiger partial charge in [0.1, 0.15) is 11.5 Å². The quantitative estimate of drug-likeness (QED) is 0.393. The molecular weight excluding hydrogens is 308 g/mol. The normalized spacial score (nSPS) is 11.8. The summed E-state index contributed by atoms with van der Waals surface area (Å²) >= 11 is 1.54. The number of hydrogen-bond acceptors (Lipinski definition) is 8. The van der Waals surface area contributed by atoms with Crippen LogP contribution >= 0.6 is 11.8 Å². The first-order valence-corrected chi connectivity index (χ1v) is 7.85. The zero-order chi connectivity index (χ0) is 16.5. The van der Waals surface area contributed by atoms with E-state index in [4.69, 9.17) is 4.42 Å². The van der Waals surface area contributed by atoms with Crippen LogP contribution in [0.2, 0.25) is 0 Å². The van der Waals surface area contributed by atoms with Crippen LogP contribution in [0.4, 0.5) is 0 Å². The molecule has 0 saturated carbocycles. The van der Waals surface area contributed by atoms with Crippen LogP contribution in [0, 0.1) is 15.3 Å². The molecule has 0 saturated heterocycles. The number of hydrogen-bond donors (Lipinski definition) is 1. The van der Waals surface area contributed by atoms with Crippen LogP contribution < -0.4 is 5.32 Å². The summed E-state index contributed by atoms with van der Waals surface area (Å²) in [5.41, 5.74) is 0. The van der Waals surface area contributed by atoms with Crippen molar-refractivity contribution in [3.63, 3.8) is 0 Å². The minimum absolute atomic E-state index is 0.0585. The Morgan fingerprint density at radius 1 is 1.45 bits per heavy atom. The molecule has 1 aromatic heterocycles. The van der Waals surface area contributed by atoms with Crippen molar-refractivity contribution in [3.8, 4) is 0 Å². The second-order valence-corrected chi connectivity index (χ2v) is 5.92. The molecule has 0 spiro atoms. The Morgan fingerprint density at radius 2 is 2.14 bits per heavy atom. The first kappa shape index (κ1) is 18.3. The molecule has 9 heteroatoms. The summed E-state index contributed by atoms with van der Waals surface area (Å²) in [5, 5.41) is 25.1. The Kier molecular flexibility index (Phi) is 7.78. The molecule has 0 aliphatic rings. The Bertz CT molecular complexity index is 504. The predicted octanol–water partition coefficient (Wildman–Crippen LogP) is 1.67. The summed E-state index contributed by atoms with van der Waals surface area (Å²) < 4.78 is 5.66. The molecule has 1 heterocycles. The molecule has 1 N–H and O–H groups in total. The number of thioether (sulfide) groups is 1. The SMILES string of the molecule is CN/C(=C/[N+](=O)[O-])N([O-])CCSCc1ccc(CN(C)C)o1. The van der Waals surface area contributed by atoms with Crippen molar-refractivity contribution in [1.29, 1.82) is 0 Å². The van der Waals surface area contributed by atoms with Crippen molar-refractivity contribution in [3.05, 3.63) is 51.0 Å². The molecule has 0 fully saturated rings. The molecule has 22 heavy (non-hydrogen) atoms. The highest BCUT2D eigenvalue weighted by Crippen LogP contribution is 2.16. The number of nitrogens with one attached hydrogen (secondary N) is 1. The average Bonchev–Trinajstić information content (AvgIpc) is 2.87. The fourth-order valence-corrected chi connectivity index (χ4v) is 2.49. The van der Waals surface area contributed by atoms with Gasteiger partial charge in [-0.25, -0.2) is 0 Å². The van der Waals surface area contributed by atoms with E-state index in [2.05, 4.69) is 5.32 Å². The van der Waals surface area contributed by atoms with Gasteiger partial charge in [-0.2, -0.15) is 11.8 Å². The fourth-order valence-electron chi connectivity index (χ4n) is 1.69. The van der Waals surface area contributed by atoms with Gasteiger partial charge >= 0.3 is 0 Å². The Balaban J connectivity index is 2.32. The van der Waals surface area contributed by atoms with E-state index >= 15 is 0 Å². The van der Waals surface area contributed by atoms with Gasteiger partial charge in [0.15, 0.2) is 5.82 Å². The summed E-state index contributed by atoms with van der Waals surface area (Å²) in [6.07, 6.45) is 0.664. The highest BCUT2D eigenvalue weighted by molar-refractivity contribution is 7.98. The van der Waals surface area contributed by atoms with Gasteiger partial charge in [0, 0.05) is 19.3 Å². The number of nitro groups is 1. The molecular formula is C13H21N4O4S-. The third kappa shape index (κ3) is 6.83. The molecule has 0 aromatic carbocycles. The van der Waals surface area contributed by atoms with Crippen LogP contribution in [-0.4, -0.2) is 48.3 Å². The maximum atomic E-state index is 11.7. The summed E-state index contributed by atoms with van der Waals surface area (Å²) in [6, 6.07) is 3.86. The van der Waals surface area contributed by atoms with Crippen LogP contribution in [0.15, 0.2) is 28.6 Å². The third-order valence-electron chi connectivity index (χ3n) is 2.62. The second-order valence-electron chi connectivity index (χ2n) is 4.81. The summed E-state index contributed by atoms with van der Waals surface area (Å²) in [7, 11) is 5.41. The van der Waals surface area contributed by atoms with E-state index in [1.807, 2.05) is 31.1 Å². The molecule has 0 unspecified atom stereocenters. The van der Waals surface area contributed by atoms with E-state index in [9.17, 15) is 15.3 Å². The van der Waals surface area contributed by atoms with E-state index in [1.54, 1.807) is 0 Å². The summed E-state index contributed by atoms with van der Waals surface area (Å²) in [4.78, 5) is 11.7. The molecule has 1 rings (SSSR count). The van der Waals surface area contributed by atoms with Crippen LogP contribution in [0.25, 0.3) is 0 Å². The van der Waals surface area contributed by atoms with E-state index in [1.165, 1.54) is 18.8 Å². The van der Waals surface area contributed by atoms with Gasteiger partial charge < -0.3 is 24.9 Å². The fraction of sp³-hybridized carbons (Fsp3) is 0.538. The van der Waals surface area contributed by atoms with Crippen LogP contribution in [0.3, 0.4) is 0 Å². The summed E-state index contributed by atoms with van der Waals surface area (Å²) in [5.74, 6) is 2.90. The van der Waals surface area contributed by atoms with Crippen LogP contribution in [-0.2, 0) is 12.3 Å². The first-order valence-electron chi connectivity index (χ1n) is 6.70. The number of rotatable bonds is 10. The Morgan fingerprint density at radius 3 is 2.73 bits per heavy atom.